The van der Waals surface area contributed by atoms with E-state index in [0.29, 0.717) is 5.56 Å². The summed E-state index contributed by atoms with van der Waals surface area (Å²) in [4.78, 5) is 5.97. The van der Waals surface area contributed by atoms with Crippen LogP contribution in [-0.2, 0) is 6.18 Å². The number of nitrogens with zero attached hydrogens (tertiary/aromatic N) is 2. The third kappa shape index (κ3) is 2.82. The van der Waals surface area contributed by atoms with Crippen molar-refractivity contribution in [1.82, 2.24) is 15.2 Å². The number of fused-ring (bicyclic) bond motifs is 1. The van der Waals surface area contributed by atoms with Crippen LogP contribution in [0.5, 0.6) is 0 Å². The third-order valence-corrected chi connectivity index (χ3v) is 4.05. The summed E-state index contributed by atoms with van der Waals surface area (Å²) in [7, 11) is 0. The molecule has 2 aliphatic rings. The van der Waals surface area contributed by atoms with Gasteiger partial charge in [0.05, 0.1) is 11.4 Å². The van der Waals surface area contributed by atoms with Gasteiger partial charge in [0.1, 0.15) is 5.82 Å². The maximum atomic E-state index is 12.8. The molecule has 0 aliphatic carbocycles. The highest BCUT2D eigenvalue weighted by atomic mass is 19.4. The van der Waals surface area contributed by atoms with Crippen molar-refractivity contribution >= 4 is 5.70 Å². The summed E-state index contributed by atoms with van der Waals surface area (Å²) in [6, 6.07) is 7.06. The molecule has 25 heavy (non-hydrogen) atoms. The number of hydrogen-bond acceptors (Lipinski definition) is 4. The normalized spacial score (nSPS) is 16.4. The van der Waals surface area contributed by atoms with E-state index in [0.717, 1.165) is 23.6 Å². The predicted octanol–water partition coefficient (Wildman–Crippen LogP) is 4.28. The number of hydrogen-bond donors (Lipinski definition) is 1. The maximum absolute atomic E-state index is 12.8. The van der Waals surface area contributed by atoms with Crippen LogP contribution < -0.4 is 5.32 Å². The van der Waals surface area contributed by atoms with Gasteiger partial charge in [0.25, 0.3) is 0 Å². The fourth-order valence-corrected chi connectivity index (χ4v) is 2.81. The molecule has 128 valence electrons. The second-order valence-corrected chi connectivity index (χ2v) is 5.81. The molecule has 0 unspecified atom stereocenters. The summed E-state index contributed by atoms with van der Waals surface area (Å²) in [5.41, 5.74) is 2.20. The number of rotatable bonds is 2. The topological polar surface area (TPSA) is 41.3 Å². The zero-order valence-corrected chi connectivity index (χ0v) is 13.3. The predicted molar refractivity (Wildman–Crippen MR) is 86.7 cm³/mol. The van der Waals surface area contributed by atoms with E-state index >= 15 is 0 Å². The van der Waals surface area contributed by atoms with Gasteiger partial charge in [-0.05, 0) is 30.7 Å². The quantitative estimate of drug-likeness (QED) is 0.882. The van der Waals surface area contributed by atoms with E-state index in [1.165, 1.54) is 6.92 Å². The van der Waals surface area contributed by atoms with Gasteiger partial charge in [-0.1, -0.05) is 24.3 Å². The number of oxazole rings is 1. The average molecular weight is 345 g/mol. The summed E-state index contributed by atoms with van der Waals surface area (Å²) in [6.07, 6.45) is 3.48. The summed E-state index contributed by atoms with van der Waals surface area (Å²) in [5, 5.41) is 3.31. The van der Waals surface area contributed by atoms with Gasteiger partial charge in [-0.2, -0.15) is 13.2 Å². The SMILES string of the molecule is Cc1nc(-c2ccc(C3=CN4CC=CC=C4N3)cc2)oc1C(F)(F)F. The molecule has 0 saturated carbocycles. The van der Waals surface area contributed by atoms with E-state index in [2.05, 4.69) is 21.3 Å². The molecule has 0 fully saturated rings. The fourth-order valence-electron chi connectivity index (χ4n) is 2.81. The van der Waals surface area contributed by atoms with Crippen LogP contribution in [-0.4, -0.2) is 16.4 Å². The molecule has 7 heteroatoms. The Morgan fingerprint density at radius 2 is 1.88 bits per heavy atom. The molecule has 1 aromatic heterocycles. The van der Waals surface area contributed by atoms with Crippen LogP contribution in [0.2, 0.25) is 0 Å². The first-order valence-electron chi connectivity index (χ1n) is 7.69. The molecular weight excluding hydrogens is 331 g/mol. The molecule has 0 spiro atoms. The fraction of sp³-hybridized carbons (Fsp3) is 0.167. The molecule has 1 aromatic carbocycles. The Morgan fingerprint density at radius 3 is 2.52 bits per heavy atom. The molecule has 4 rings (SSSR count). The molecule has 0 saturated heterocycles. The van der Waals surface area contributed by atoms with Crippen LogP contribution in [0.4, 0.5) is 13.2 Å². The van der Waals surface area contributed by atoms with Gasteiger partial charge in [-0.3, -0.25) is 0 Å². The molecule has 0 amide bonds. The largest absolute Gasteiger partial charge is 0.451 e. The molecule has 0 atom stereocenters. The summed E-state index contributed by atoms with van der Waals surface area (Å²) >= 11 is 0. The third-order valence-electron chi connectivity index (χ3n) is 4.05. The molecule has 0 radical (unpaired) electrons. The number of alkyl halides is 3. The highest BCUT2D eigenvalue weighted by Crippen LogP contribution is 2.35. The Bertz CT molecular complexity index is 905. The lowest BCUT2D eigenvalue weighted by Gasteiger charge is -2.17. The highest BCUT2D eigenvalue weighted by molar-refractivity contribution is 5.70. The van der Waals surface area contributed by atoms with Gasteiger partial charge in [-0.15, -0.1) is 0 Å². The van der Waals surface area contributed by atoms with E-state index in [1.54, 1.807) is 12.1 Å². The Hall–Kier alpha value is -2.96. The minimum atomic E-state index is -4.54. The minimum absolute atomic E-state index is 0.0333. The monoisotopic (exact) mass is 345 g/mol. The lowest BCUT2D eigenvalue weighted by molar-refractivity contribution is -0.153. The van der Waals surface area contributed by atoms with E-state index in [-0.39, 0.29) is 11.6 Å². The Kier molecular flexibility index (Phi) is 3.45. The van der Waals surface area contributed by atoms with Gasteiger partial charge in [0.15, 0.2) is 0 Å². The van der Waals surface area contributed by atoms with E-state index in [9.17, 15) is 13.2 Å². The maximum Gasteiger partial charge on any atom is 0.451 e. The van der Waals surface area contributed by atoms with Crippen LogP contribution in [0.1, 0.15) is 17.0 Å². The molecule has 0 bridgehead atoms. The van der Waals surface area contributed by atoms with E-state index < -0.39 is 11.9 Å². The number of allylic oxidation sites excluding steroid dienone is 2. The van der Waals surface area contributed by atoms with Crippen molar-refractivity contribution in [3.8, 4) is 11.5 Å². The summed E-state index contributed by atoms with van der Waals surface area (Å²) < 4.78 is 43.4. The van der Waals surface area contributed by atoms with Crippen LogP contribution >= 0.6 is 0 Å². The summed E-state index contributed by atoms with van der Waals surface area (Å²) in [5.74, 6) is -0.0863. The smallest absolute Gasteiger partial charge is 0.431 e. The van der Waals surface area contributed by atoms with Gasteiger partial charge in [0, 0.05) is 18.3 Å². The van der Waals surface area contributed by atoms with Crippen molar-refractivity contribution < 1.29 is 17.6 Å². The minimum Gasteiger partial charge on any atom is -0.431 e. The zero-order chi connectivity index (χ0) is 17.6. The van der Waals surface area contributed by atoms with Gasteiger partial charge >= 0.3 is 6.18 Å². The van der Waals surface area contributed by atoms with Crippen LogP contribution in [0.15, 0.2) is 58.9 Å². The van der Waals surface area contributed by atoms with Crippen LogP contribution in [0.3, 0.4) is 0 Å². The van der Waals surface area contributed by atoms with Crippen molar-refractivity contribution in [2.24, 2.45) is 0 Å². The van der Waals surface area contributed by atoms with E-state index in [4.69, 9.17) is 4.42 Å². The van der Waals surface area contributed by atoms with Crippen molar-refractivity contribution in [2.75, 3.05) is 6.54 Å². The second-order valence-electron chi connectivity index (χ2n) is 5.81. The summed E-state index contributed by atoms with van der Waals surface area (Å²) in [6.45, 7) is 2.09. The molecule has 2 aliphatic heterocycles. The zero-order valence-electron chi connectivity index (χ0n) is 13.3. The molecule has 1 N–H and O–H groups in total. The first-order chi connectivity index (χ1) is 11.9. The lowest BCUT2D eigenvalue weighted by atomic mass is 10.1. The first-order valence-corrected chi connectivity index (χ1v) is 7.69. The number of nitrogens with one attached hydrogen (secondary N) is 1. The number of aryl methyl sites for hydroxylation is 1. The molecule has 3 heterocycles. The number of benzene rings is 1. The Balaban J connectivity index is 1.59. The van der Waals surface area contributed by atoms with E-state index in [1.807, 2.05) is 30.5 Å². The number of aromatic nitrogens is 1. The molecular formula is C18H14F3N3O. The van der Waals surface area contributed by atoms with Crippen molar-refractivity contribution in [3.63, 3.8) is 0 Å². The first kappa shape index (κ1) is 15.6. The second kappa shape index (κ2) is 5.54. The Morgan fingerprint density at radius 1 is 1.16 bits per heavy atom. The van der Waals surface area contributed by atoms with Crippen molar-refractivity contribution in [2.45, 2.75) is 13.1 Å². The van der Waals surface area contributed by atoms with Crippen LogP contribution in [0.25, 0.3) is 17.2 Å². The Labute approximate surface area is 142 Å². The lowest BCUT2D eigenvalue weighted by Crippen LogP contribution is -2.20. The van der Waals surface area contributed by atoms with Crippen molar-refractivity contribution in [3.05, 3.63) is 71.5 Å². The molecule has 4 nitrogen and oxygen atoms in total. The van der Waals surface area contributed by atoms with Gasteiger partial charge in [-0.25, -0.2) is 4.98 Å². The number of halogens is 3. The van der Waals surface area contributed by atoms with Crippen molar-refractivity contribution in [1.29, 1.82) is 0 Å². The molecule has 2 aromatic rings. The highest BCUT2D eigenvalue weighted by Gasteiger charge is 2.38. The average Bonchev–Trinajstić information content (AvgIpc) is 3.18. The standard InChI is InChI=1S/C18H14F3N3O/c1-11-16(18(19,20)21)25-17(22-11)13-7-5-12(6-8-13)14-10-24-9-3-2-4-15(24)23-14/h2-8,10,23H,9H2,1H3. The van der Waals surface area contributed by atoms with Crippen LogP contribution in [0, 0.1) is 6.92 Å². The van der Waals surface area contributed by atoms with Gasteiger partial charge < -0.3 is 14.6 Å². The van der Waals surface area contributed by atoms with Gasteiger partial charge in [0.2, 0.25) is 11.7 Å².